The van der Waals surface area contributed by atoms with E-state index in [0.717, 1.165) is 6.07 Å². The summed E-state index contributed by atoms with van der Waals surface area (Å²) in [5, 5.41) is 8.54. The Morgan fingerprint density at radius 2 is 1.94 bits per heavy atom. The van der Waals surface area contributed by atoms with Crippen LogP contribution in [0.2, 0.25) is 0 Å². The van der Waals surface area contributed by atoms with Gasteiger partial charge in [0.05, 0.1) is 24.3 Å². The molecule has 0 fully saturated rings. The molecule has 1 N–H and O–H groups in total. The van der Waals surface area contributed by atoms with Crippen molar-refractivity contribution in [2.75, 3.05) is 14.2 Å². The van der Waals surface area contributed by atoms with Gasteiger partial charge in [0.25, 0.3) is 5.78 Å². The lowest BCUT2D eigenvalue weighted by Crippen LogP contribution is -2.15. The van der Waals surface area contributed by atoms with E-state index >= 15 is 0 Å². The summed E-state index contributed by atoms with van der Waals surface area (Å²) in [6, 6.07) is 0.982. The predicted molar refractivity (Wildman–Crippen MR) is 59.2 cm³/mol. The number of carbonyl (C=O) groups is 2. The van der Waals surface area contributed by atoms with Crippen molar-refractivity contribution >= 4 is 27.7 Å². The highest BCUT2D eigenvalue weighted by Gasteiger charge is 2.25. The lowest BCUT2D eigenvalue weighted by atomic mass is 10.1. The Balaban J connectivity index is 3.50. The lowest BCUT2D eigenvalue weighted by Gasteiger charge is -2.12. The van der Waals surface area contributed by atoms with E-state index in [-0.39, 0.29) is 16.0 Å². The maximum absolute atomic E-state index is 13.7. The van der Waals surface area contributed by atoms with Gasteiger partial charge in [-0.2, -0.15) is 0 Å². The molecule has 92 valence electrons. The molecule has 0 heterocycles. The van der Waals surface area contributed by atoms with Gasteiger partial charge in [-0.3, -0.25) is 4.79 Å². The van der Waals surface area contributed by atoms with Gasteiger partial charge in [-0.25, -0.2) is 9.18 Å². The summed E-state index contributed by atoms with van der Waals surface area (Å²) in [7, 11) is 2.58. The Bertz CT molecular complexity index is 486. The SMILES string of the molecule is COc1cc(C(=O)C(=O)O)c(F)c(Br)c1OC. The van der Waals surface area contributed by atoms with Crippen LogP contribution in [0.25, 0.3) is 0 Å². The number of carboxylic acid groups (broad SMARTS) is 1. The minimum absolute atomic E-state index is 0.0481. The van der Waals surface area contributed by atoms with Crippen LogP contribution in [0, 0.1) is 5.82 Å². The zero-order chi connectivity index (χ0) is 13.2. The van der Waals surface area contributed by atoms with E-state index in [0.29, 0.717) is 0 Å². The molecular weight excluding hydrogens is 299 g/mol. The number of halogens is 2. The third-order valence-electron chi connectivity index (χ3n) is 1.99. The molecule has 1 aromatic rings. The molecule has 0 unspecified atom stereocenters. The molecule has 0 amide bonds. The molecule has 0 aromatic heterocycles. The minimum atomic E-state index is -1.75. The van der Waals surface area contributed by atoms with Gasteiger partial charge in [0.2, 0.25) is 0 Å². The van der Waals surface area contributed by atoms with Gasteiger partial charge in [-0.15, -0.1) is 0 Å². The van der Waals surface area contributed by atoms with Crippen molar-refractivity contribution in [2.24, 2.45) is 0 Å². The molecule has 0 spiro atoms. The molecule has 0 aliphatic heterocycles. The molecule has 0 aliphatic rings. The molecule has 1 rings (SSSR count). The number of benzene rings is 1. The molecule has 0 radical (unpaired) electrons. The maximum Gasteiger partial charge on any atom is 0.377 e. The Labute approximate surface area is 104 Å². The van der Waals surface area contributed by atoms with E-state index in [4.69, 9.17) is 14.6 Å². The number of aliphatic carboxylic acids is 1. The second-order valence-electron chi connectivity index (χ2n) is 2.92. The molecule has 1 aromatic carbocycles. The maximum atomic E-state index is 13.7. The van der Waals surface area contributed by atoms with Crippen LogP contribution >= 0.6 is 15.9 Å². The van der Waals surface area contributed by atoms with Crippen LogP contribution in [0.1, 0.15) is 10.4 Å². The number of hydrogen-bond acceptors (Lipinski definition) is 4. The molecule has 0 atom stereocenters. The first kappa shape index (κ1) is 13.4. The van der Waals surface area contributed by atoms with Gasteiger partial charge in [-0.1, -0.05) is 0 Å². The van der Waals surface area contributed by atoms with Crippen LogP contribution in [-0.2, 0) is 4.79 Å². The molecule has 0 saturated carbocycles. The predicted octanol–water partition coefficient (Wildman–Crippen LogP) is 1.87. The van der Waals surface area contributed by atoms with Gasteiger partial charge in [-0.05, 0) is 22.0 Å². The Morgan fingerprint density at radius 1 is 1.35 bits per heavy atom. The lowest BCUT2D eigenvalue weighted by molar-refractivity contribution is -0.131. The Hall–Kier alpha value is -1.63. The summed E-state index contributed by atoms with van der Waals surface area (Å²) in [5.74, 6) is -4.00. The summed E-state index contributed by atoms with van der Waals surface area (Å²) in [4.78, 5) is 21.7. The Morgan fingerprint density at radius 3 is 2.35 bits per heavy atom. The summed E-state index contributed by atoms with van der Waals surface area (Å²) in [5.41, 5.74) is -0.595. The fraction of sp³-hybridized carbons (Fsp3) is 0.200. The van der Waals surface area contributed by atoms with Crippen molar-refractivity contribution in [3.05, 3.63) is 21.9 Å². The number of rotatable bonds is 4. The highest BCUT2D eigenvalue weighted by molar-refractivity contribution is 9.10. The molecule has 0 bridgehead atoms. The quantitative estimate of drug-likeness (QED) is 0.679. The smallest absolute Gasteiger partial charge is 0.377 e. The summed E-state index contributed by atoms with van der Waals surface area (Å²) in [6.07, 6.45) is 0. The molecule has 5 nitrogen and oxygen atoms in total. The second-order valence-corrected chi connectivity index (χ2v) is 3.71. The fourth-order valence-corrected chi connectivity index (χ4v) is 1.78. The topological polar surface area (TPSA) is 72.8 Å². The fourth-order valence-electron chi connectivity index (χ4n) is 1.21. The van der Waals surface area contributed by atoms with E-state index in [1.54, 1.807) is 0 Å². The largest absolute Gasteiger partial charge is 0.493 e. The van der Waals surface area contributed by atoms with E-state index in [2.05, 4.69) is 15.9 Å². The highest BCUT2D eigenvalue weighted by atomic mass is 79.9. The van der Waals surface area contributed by atoms with Gasteiger partial charge < -0.3 is 14.6 Å². The van der Waals surface area contributed by atoms with Gasteiger partial charge in [0.15, 0.2) is 17.3 Å². The van der Waals surface area contributed by atoms with Crippen LogP contribution in [0.3, 0.4) is 0 Å². The minimum Gasteiger partial charge on any atom is -0.493 e. The average Bonchev–Trinajstić information content (AvgIpc) is 2.31. The van der Waals surface area contributed by atoms with Gasteiger partial charge in [0.1, 0.15) is 0 Å². The van der Waals surface area contributed by atoms with Crippen molar-refractivity contribution in [2.45, 2.75) is 0 Å². The third kappa shape index (κ3) is 2.38. The number of hydrogen-bond donors (Lipinski definition) is 1. The van der Waals surface area contributed by atoms with Gasteiger partial charge in [0, 0.05) is 0 Å². The average molecular weight is 307 g/mol. The van der Waals surface area contributed by atoms with Crippen molar-refractivity contribution in [3.8, 4) is 11.5 Å². The van der Waals surface area contributed by atoms with Crippen molar-refractivity contribution in [3.63, 3.8) is 0 Å². The first-order valence-electron chi connectivity index (χ1n) is 4.31. The Kier molecular flexibility index (Phi) is 4.06. The number of Topliss-reactive ketones (excluding diaryl/α,β-unsaturated/α-hetero) is 1. The zero-order valence-corrected chi connectivity index (χ0v) is 10.5. The van der Waals surface area contributed by atoms with Crippen molar-refractivity contribution < 1.29 is 28.6 Å². The number of ether oxygens (including phenoxy) is 2. The monoisotopic (exact) mass is 306 g/mol. The van der Waals surface area contributed by atoms with Crippen molar-refractivity contribution in [1.29, 1.82) is 0 Å². The zero-order valence-electron chi connectivity index (χ0n) is 8.91. The number of carboxylic acids is 1. The van der Waals surface area contributed by atoms with E-state index in [9.17, 15) is 14.0 Å². The highest BCUT2D eigenvalue weighted by Crippen LogP contribution is 2.38. The molecular formula is C10H8BrFO5. The van der Waals surface area contributed by atoms with E-state index in [1.807, 2.05) is 0 Å². The van der Waals surface area contributed by atoms with Crippen LogP contribution in [0.5, 0.6) is 11.5 Å². The molecule has 7 heteroatoms. The van der Waals surface area contributed by atoms with E-state index < -0.39 is 23.1 Å². The standard InChI is InChI=1S/C10H8BrFO5/c1-16-5-3-4(8(13)10(14)15)7(12)6(11)9(5)17-2/h3H,1-2H3,(H,14,15). The third-order valence-corrected chi connectivity index (χ3v) is 2.70. The molecule has 0 aliphatic carbocycles. The first-order valence-corrected chi connectivity index (χ1v) is 5.10. The van der Waals surface area contributed by atoms with Crippen LogP contribution in [0.4, 0.5) is 4.39 Å². The van der Waals surface area contributed by atoms with Crippen LogP contribution < -0.4 is 9.47 Å². The van der Waals surface area contributed by atoms with Crippen molar-refractivity contribution in [1.82, 2.24) is 0 Å². The summed E-state index contributed by atoms with van der Waals surface area (Å²) in [6.45, 7) is 0. The number of methoxy groups -OCH3 is 2. The number of carbonyl (C=O) groups excluding carboxylic acids is 1. The second kappa shape index (κ2) is 5.13. The molecule has 17 heavy (non-hydrogen) atoms. The number of ketones is 1. The molecule has 0 saturated heterocycles. The summed E-state index contributed by atoms with van der Waals surface area (Å²) < 4.78 is 23.3. The van der Waals surface area contributed by atoms with Gasteiger partial charge >= 0.3 is 5.97 Å². The normalized spacial score (nSPS) is 9.88. The summed E-state index contributed by atoms with van der Waals surface area (Å²) >= 11 is 2.88. The first-order chi connectivity index (χ1) is 7.93. The van der Waals surface area contributed by atoms with Crippen LogP contribution in [0.15, 0.2) is 10.5 Å². The van der Waals surface area contributed by atoms with Crippen LogP contribution in [-0.4, -0.2) is 31.1 Å². The van der Waals surface area contributed by atoms with E-state index in [1.165, 1.54) is 14.2 Å².